The molecule has 9 heteroatoms. The van der Waals surface area contributed by atoms with E-state index in [9.17, 15) is 19.2 Å². The van der Waals surface area contributed by atoms with Crippen LogP contribution in [0.5, 0.6) is 5.75 Å². The molecule has 1 heterocycles. The minimum atomic E-state index is -1.11. The molecule has 1 atom stereocenters. The molecule has 9 nitrogen and oxygen atoms in total. The number of urea groups is 1. The summed E-state index contributed by atoms with van der Waals surface area (Å²) in [6.45, 7) is 0.930. The van der Waals surface area contributed by atoms with Crippen molar-refractivity contribution in [2.45, 2.75) is 25.3 Å². The smallest absolute Gasteiger partial charge is 0.325 e. The molecular weight excluding hydrogens is 400 g/mol. The fourth-order valence-corrected chi connectivity index (χ4v) is 4.15. The standard InChI is InChI=1S/C22H22N4O5/c1-13(27)23-15-7-8-18(31-2)17(11-15)24-19(28)12-26-20(29)22(25-21(26)30)10-9-14-5-3-4-6-16(14)22/h3-8,11H,9-10,12H2,1-2H3,(H,23,27)(H,24,28)(H,25,30). The van der Waals surface area contributed by atoms with Crippen molar-refractivity contribution >= 4 is 35.1 Å². The maximum atomic E-state index is 13.2. The zero-order chi connectivity index (χ0) is 22.2. The normalized spacial score (nSPS) is 19.2. The highest BCUT2D eigenvalue weighted by atomic mass is 16.5. The largest absolute Gasteiger partial charge is 0.495 e. The number of aryl methyl sites for hydroxylation is 1. The molecule has 0 radical (unpaired) electrons. The van der Waals surface area contributed by atoms with Crippen LogP contribution in [0.25, 0.3) is 0 Å². The summed E-state index contributed by atoms with van der Waals surface area (Å²) in [5.41, 5.74) is 1.46. The average molecular weight is 422 g/mol. The van der Waals surface area contributed by atoms with Crippen LogP contribution in [0.3, 0.4) is 0 Å². The minimum Gasteiger partial charge on any atom is -0.495 e. The number of anilines is 2. The molecule has 1 fully saturated rings. The number of methoxy groups -OCH3 is 1. The first-order valence-corrected chi connectivity index (χ1v) is 9.82. The molecule has 2 aromatic carbocycles. The number of imide groups is 1. The topological polar surface area (TPSA) is 117 Å². The van der Waals surface area contributed by atoms with E-state index in [1.165, 1.54) is 14.0 Å². The van der Waals surface area contributed by atoms with Gasteiger partial charge in [-0.25, -0.2) is 4.79 Å². The summed E-state index contributed by atoms with van der Waals surface area (Å²) in [6.07, 6.45) is 1.14. The van der Waals surface area contributed by atoms with Crippen LogP contribution in [-0.2, 0) is 26.3 Å². The van der Waals surface area contributed by atoms with Crippen molar-refractivity contribution in [2.24, 2.45) is 0 Å². The second-order valence-corrected chi connectivity index (χ2v) is 7.53. The third kappa shape index (κ3) is 3.58. The summed E-state index contributed by atoms with van der Waals surface area (Å²) < 4.78 is 5.25. The molecule has 3 N–H and O–H groups in total. The number of rotatable bonds is 5. The quantitative estimate of drug-likeness (QED) is 0.637. The first-order valence-electron chi connectivity index (χ1n) is 9.82. The van der Waals surface area contributed by atoms with Gasteiger partial charge in [0.15, 0.2) is 0 Å². The number of carbonyl (C=O) groups excluding carboxylic acids is 4. The summed E-state index contributed by atoms with van der Waals surface area (Å²) in [5, 5.41) is 8.07. The van der Waals surface area contributed by atoms with Crippen molar-refractivity contribution in [3.8, 4) is 5.75 Å². The van der Waals surface area contributed by atoms with Crippen molar-refractivity contribution in [1.29, 1.82) is 0 Å². The van der Waals surface area contributed by atoms with Gasteiger partial charge in [0.25, 0.3) is 5.91 Å². The van der Waals surface area contributed by atoms with Crippen molar-refractivity contribution in [2.75, 3.05) is 24.3 Å². The van der Waals surface area contributed by atoms with Crippen LogP contribution in [-0.4, -0.2) is 42.3 Å². The fourth-order valence-electron chi connectivity index (χ4n) is 4.15. The van der Waals surface area contributed by atoms with Crippen molar-refractivity contribution < 1.29 is 23.9 Å². The lowest BCUT2D eigenvalue weighted by atomic mass is 9.92. The van der Waals surface area contributed by atoms with Gasteiger partial charge >= 0.3 is 6.03 Å². The Kier molecular flexibility index (Phi) is 5.10. The van der Waals surface area contributed by atoms with Gasteiger partial charge in [-0.1, -0.05) is 24.3 Å². The number of carbonyl (C=O) groups is 4. The summed E-state index contributed by atoms with van der Waals surface area (Å²) in [4.78, 5) is 50.7. The van der Waals surface area contributed by atoms with Gasteiger partial charge in [0.1, 0.15) is 17.8 Å². The van der Waals surface area contributed by atoms with E-state index in [0.717, 1.165) is 16.0 Å². The average Bonchev–Trinajstić information content (AvgIpc) is 3.21. The Labute approximate surface area is 178 Å². The molecule has 1 saturated heterocycles. The predicted molar refractivity (Wildman–Crippen MR) is 113 cm³/mol. The zero-order valence-electron chi connectivity index (χ0n) is 17.2. The summed E-state index contributed by atoms with van der Waals surface area (Å²) >= 11 is 0. The minimum absolute atomic E-state index is 0.260. The first-order chi connectivity index (χ1) is 14.8. The zero-order valence-corrected chi connectivity index (χ0v) is 17.2. The Morgan fingerprint density at radius 2 is 1.94 bits per heavy atom. The maximum absolute atomic E-state index is 13.2. The van der Waals surface area contributed by atoms with Crippen LogP contribution < -0.4 is 20.7 Å². The highest BCUT2D eigenvalue weighted by Gasteiger charge is 2.55. The van der Waals surface area contributed by atoms with E-state index in [2.05, 4.69) is 16.0 Å². The molecule has 0 bridgehead atoms. The number of fused-ring (bicyclic) bond motifs is 2. The molecule has 31 heavy (non-hydrogen) atoms. The molecule has 2 aromatic rings. The van der Waals surface area contributed by atoms with E-state index >= 15 is 0 Å². The van der Waals surface area contributed by atoms with Crippen LogP contribution in [0.4, 0.5) is 16.2 Å². The molecule has 5 amide bonds. The van der Waals surface area contributed by atoms with E-state index in [4.69, 9.17) is 4.74 Å². The summed E-state index contributed by atoms with van der Waals surface area (Å²) in [7, 11) is 1.45. The van der Waals surface area contributed by atoms with Crippen LogP contribution in [0, 0.1) is 0 Å². The van der Waals surface area contributed by atoms with Crippen LogP contribution in [0.2, 0.25) is 0 Å². The Balaban J connectivity index is 1.52. The molecule has 160 valence electrons. The SMILES string of the molecule is COc1ccc(NC(C)=O)cc1NC(=O)CN1C(=O)NC2(CCc3ccccc32)C1=O. The van der Waals surface area contributed by atoms with Crippen LogP contribution in [0.15, 0.2) is 42.5 Å². The number of benzene rings is 2. The van der Waals surface area contributed by atoms with Gasteiger partial charge in [0.2, 0.25) is 11.8 Å². The lowest BCUT2D eigenvalue weighted by molar-refractivity contribution is -0.134. The lowest BCUT2D eigenvalue weighted by Crippen LogP contribution is -2.43. The van der Waals surface area contributed by atoms with Crippen molar-refractivity contribution in [1.82, 2.24) is 10.2 Å². The lowest BCUT2D eigenvalue weighted by Gasteiger charge is -2.22. The molecule has 1 spiro atoms. The van der Waals surface area contributed by atoms with Gasteiger partial charge in [-0.15, -0.1) is 0 Å². The molecule has 2 aliphatic rings. The van der Waals surface area contributed by atoms with Crippen molar-refractivity contribution in [3.05, 3.63) is 53.6 Å². The third-order valence-electron chi connectivity index (χ3n) is 5.52. The van der Waals surface area contributed by atoms with E-state index in [0.29, 0.717) is 30.0 Å². The molecule has 1 aliphatic heterocycles. The van der Waals surface area contributed by atoms with E-state index < -0.39 is 29.9 Å². The maximum Gasteiger partial charge on any atom is 0.325 e. The Morgan fingerprint density at radius 3 is 2.68 bits per heavy atom. The van der Waals surface area contributed by atoms with E-state index in [1.54, 1.807) is 18.2 Å². The number of ether oxygens (including phenoxy) is 1. The number of hydrogen-bond acceptors (Lipinski definition) is 5. The highest BCUT2D eigenvalue weighted by molar-refractivity contribution is 6.11. The third-order valence-corrected chi connectivity index (χ3v) is 5.52. The molecule has 1 unspecified atom stereocenters. The van der Waals surface area contributed by atoms with Gasteiger partial charge in [0, 0.05) is 12.6 Å². The van der Waals surface area contributed by atoms with E-state index in [-0.39, 0.29) is 5.91 Å². The Morgan fingerprint density at radius 1 is 1.16 bits per heavy atom. The number of hydrogen-bond donors (Lipinski definition) is 3. The van der Waals surface area contributed by atoms with E-state index in [1.807, 2.05) is 24.3 Å². The molecular formula is C22H22N4O5. The Bertz CT molecular complexity index is 1100. The predicted octanol–water partition coefficient (Wildman–Crippen LogP) is 1.99. The molecule has 1 aliphatic carbocycles. The van der Waals surface area contributed by atoms with Crippen molar-refractivity contribution in [3.63, 3.8) is 0 Å². The number of nitrogens with one attached hydrogen (secondary N) is 3. The number of amides is 5. The molecule has 4 rings (SSSR count). The monoisotopic (exact) mass is 422 g/mol. The van der Waals surface area contributed by atoms with Gasteiger partial charge in [-0.2, -0.15) is 0 Å². The van der Waals surface area contributed by atoms with Gasteiger partial charge in [-0.05, 0) is 42.2 Å². The van der Waals surface area contributed by atoms with Gasteiger partial charge in [0.05, 0.1) is 12.8 Å². The second kappa shape index (κ2) is 7.75. The summed E-state index contributed by atoms with van der Waals surface area (Å²) in [5.74, 6) is -0.883. The molecule has 0 saturated carbocycles. The number of nitrogens with zero attached hydrogens (tertiary/aromatic N) is 1. The summed E-state index contributed by atoms with van der Waals surface area (Å²) in [6, 6.07) is 11.7. The molecule has 0 aromatic heterocycles. The highest BCUT2D eigenvalue weighted by Crippen LogP contribution is 2.41. The fraction of sp³-hybridized carbons (Fsp3) is 0.273. The first kappa shape index (κ1) is 20.4. The van der Waals surface area contributed by atoms with Gasteiger partial charge in [-0.3, -0.25) is 19.3 Å². The second-order valence-electron chi connectivity index (χ2n) is 7.53. The van der Waals surface area contributed by atoms with Gasteiger partial charge < -0.3 is 20.7 Å². The van der Waals surface area contributed by atoms with Crippen LogP contribution >= 0.6 is 0 Å². The van der Waals surface area contributed by atoms with Crippen LogP contribution in [0.1, 0.15) is 24.5 Å². The Hall–Kier alpha value is -3.88.